The number of nitrogens with zero attached hydrogens (tertiary/aromatic N) is 8. The second-order valence-corrected chi connectivity index (χ2v) is 9.84. The second-order valence-electron chi connectivity index (χ2n) is 8.15. The van der Waals surface area contributed by atoms with E-state index >= 15 is 0 Å². The number of rotatable bonds is 3. The Bertz CT molecular complexity index is 1890. The van der Waals surface area contributed by atoms with Crippen molar-refractivity contribution in [3.8, 4) is 40.7 Å². The van der Waals surface area contributed by atoms with Gasteiger partial charge in [-0.05, 0) is 17.9 Å². The third-order valence-corrected chi connectivity index (χ3v) is 6.98. The van der Waals surface area contributed by atoms with Crippen LogP contribution in [0, 0.1) is 34.0 Å². The van der Waals surface area contributed by atoms with Crippen molar-refractivity contribution >= 4 is 34.9 Å². The quantitative estimate of drug-likeness (QED) is 0.213. The molecule has 10 nitrogen and oxygen atoms in total. The molecule has 0 spiro atoms. The van der Waals surface area contributed by atoms with E-state index in [1.165, 1.54) is 18.9 Å². The highest BCUT2D eigenvalue weighted by Gasteiger charge is 2.32. The summed E-state index contributed by atoms with van der Waals surface area (Å²) in [7, 11) is 1.41. The highest BCUT2D eigenvalue weighted by Crippen LogP contribution is 2.37. The highest BCUT2D eigenvalue weighted by molar-refractivity contribution is 7.99. The summed E-state index contributed by atoms with van der Waals surface area (Å²) in [6, 6.07) is 18.3. The summed E-state index contributed by atoms with van der Waals surface area (Å²) in [5.41, 5.74) is 5.26. The summed E-state index contributed by atoms with van der Waals surface area (Å²) in [5.74, 6) is 0.653. The van der Waals surface area contributed by atoms with Crippen LogP contribution in [0.3, 0.4) is 0 Å². The summed E-state index contributed by atoms with van der Waals surface area (Å²) < 4.78 is 0. The molecule has 0 saturated heterocycles. The molecule has 0 N–H and O–H groups in total. The Hall–Kier alpha value is -5.15. The maximum absolute atomic E-state index is 12.2. The number of hydrogen-bond donors (Lipinski definition) is 0. The van der Waals surface area contributed by atoms with Gasteiger partial charge in [-0.3, -0.25) is 4.79 Å². The zero-order valence-corrected chi connectivity index (χ0v) is 22.5. The van der Waals surface area contributed by atoms with E-state index in [0.717, 1.165) is 16.9 Å². The van der Waals surface area contributed by atoms with Crippen molar-refractivity contribution in [2.24, 2.45) is 5.16 Å². The van der Waals surface area contributed by atoms with Crippen LogP contribution in [-0.4, -0.2) is 44.3 Å². The minimum atomic E-state index is -0.150. The van der Waals surface area contributed by atoms with E-state index in [2.05, 4.69) is 25.1 Å². The number of carbonyl (C=O) groups excluding carboxylic acids is 1. The Morgan fingerprint density at radius 1 is 0.825 bits per heavy atom. The molecular weight excluding hydrogens is 548 g/mol. The van der Waals surface area contributed by atoms with E-state index in [4.69, 9.17) is 32.2 Å². The number of thioether (sulfide) groups is 1. The Kier molecular flexibility index (Phi) is 7.22. The second kappa shape index (κ2) is 10.9. The van der Waals surface area contributed by atoms with Gasteiger partial charge in [-0.2, -0.15) is 15.8 Å². The fourth-order valence-electron chi connectivity index (χ4n) is 4.27. The van der Waals surface area contributed by atoms with Crippen molar-refractivity contribution in [3.63, 3.8) is 0 Å². The molecular formula is C28H15ClN8O2S. The molecule has 12 heteroatoms. The SMILES string of the molecule is CCSc1nc2c(nc1C#N)C(=O)c1ccccc1-2.CON=C1c2cc(Cl)ccc2-c2nc(C#N)c(C#N)nc21. The van der Waals surface area contributed by atoms with Crippen LogP contribution < -0.4 is 0 Å². The smallest absolute Gasteiger partial charge is 0.214 e. The number of benzene rings is 2. The van der Waals surface area contributed by atoms with Crippen molar-refractivity contribution in [3.05, 3.63) is 87.1 Å². The normalized spacial score (nSPS) is 12.6. The first kappa shape index (κ1) is 26.5. The summed E-state index contributed by atoms with van der Waals surface area (Å²) in [4.78, 5) is 34.1. The van der Waals surface area contributed by atoms with Crippen LogP contribution in [0.5, 0.6) is 0 Å². The van der Waals surface area contributed by atoms with Crippen LogP contribution in [0.25, 0.3) is 22.5 Å². The lowest BCUT2D eigenvalue weighted by atomic mass is 10.1. The van der Waals surface area contributed by atoms with Gasteiger partial charge in [0.05, 0.1) is 0 Å². The zero-order chi connectivity index (χ0) is 28.4. The topological polar surface area (TPSA) is 162 Å². The monoisotopic (exact) mass is 562 g/mol. The van der Waals surface area contributed by atoms with Crippen molar-refractivity contribution in [2.45, 2.75) is 11.9 Å². The minimum Gasteiger partial charge on any atom is -0.399 e. The number of oxime groups is 1. The standard InChI is InChI=1S/C14H6ClN5O.C14H9N3OS/c1-21-20-13-9-4-7(15)2-3-8(9)12-14(13)19-11(6-17)10(5-16)18-12;1-2-19-14-10(7-15)16-12-11(17-14)8-5-3-4-6-9(8)13(12)18/h2-4H,1H3;3-6H,2H2,1H3. The summed E-state index contributed by atoms with van der Waals surface area (Å²) >= 11 is 7.47. The highest BCUT2D eigenvalue weighted by atomic mass is 35.5. The number of hydrogen-bond acceptors (Lipinski definition) is 11. The fraction of sp³-hybridized carbons (Fsp3) is 0.107. The van der Waals surface area contributed by atoms with Crippen molar-refractivity contribution in [2.75, 3.05) is 12.9 Å². The molecule has 0 amide bonds. The lowest BCUT2D eigenvalue weighted by molar-refractivity contribution is 0.103. The molecule has 0 fully saturated rings. The van der Waals surface area contributed by atoms with Gasteiger partial charge in [-0.25, -0.2) is 19.9 Å². The zero-order valence-electron chi connectivity index (χ0n) is 20.9. The molecule has 0 saturated carbocycles. The van der Waals surface area contributed by atoms with Gasteiger partial charge in [0.25, 0.3) is 0 Å². The van der Waals surface area contributed by atoms with E-state index in [1.54, 1.807) is 24.3 Å². The van der Waals surface area contributed by atoms with Gasteiger partial charge in [0, 0.05) is 27.3 Å². The van der Waals surface area contributed by atoms with Crippen LogP contribution in [-0.2, 0) is 4.84 Å². The molecule has 0 unspecified atom stereocenters. The Morgan fingerprint density at radius 2 is 1.43 bits per heavy atom. The van der Waals surface area contributed by atoms with Gasteiger partial charge in [0.1, 0.15) is 58.8 Å². The molecule has 2 heterocycles. The van der Waals surface area contributed by atoms with Crippen molar-refractivity contribution in [1.82, 2.24) is 19.9 Å². The molecule has 0 atom stereocenters. The van der Waals surface area contributed by atoms with E-state index in [9.17, 15) is 4.79 Å². The number of carbonyl (C=O) groups is 1. The summed E-state index contributed by atoms with van der Waals surface area (Å²) in [5, 5.41) is 32.3. The molecule has 192 valence electrons. The lowest BCUT2D eigenvalue weighted by Crippen LogP contribution is -2.05. The molecule has 0 radical (unpaired) electrons. The van der Waals surface area contributed by atoms with Gasteiger partial charge in [0.2, 0.25) is 5.78 Å². The Morgan fingerprint density at radius 3 is 2.08 bits per heavy atom. The van der Waals surface area contributed by atoms with Crippen LogP contribution in [0.2, 0.25) is 5.02 Å². The van der Waals surface area contributed by atoms with E-state index in [1.807, 2.05) is 43.3 Å². The number of fused-ring (bicyclic) bond motifs is 6. The minimum absolute atomic E-state index is 0.0178. The van der Waals surface area contributed by atoms with Gasteiger partial charge in [-0.1, -0.05) is 54.0 Å². The molecule has 2 aliphatic rings. The number of ketones is 1. The molecule has 2 aromatic carbocycles. The predicted octanol–water partition coefficient (Wildman–Crippen LogP) is 4.92. The third-order valence-electron chi connectivity index (χ3n) is 5.90. The number of nitriles is 3. The molecule has 0 bridgehead atoms. The van der Waals surface area contributed by atoms with Crippen LogP contribution in [0.4, 0.5) is 0 Å². The fourth-order valence-corrected chi connectivity index (χ4v) is 5.10. The van der Waals surface area contributed by atoms with Crippen LogP contribution in [0.15, 0.2) is 52.6 Å². The van der Waals surface area contributed by atoms with E-state index in [0.29, 0.717) is 49.7 Å². The van der Waals surface area contributed by atoms with E-state index in [-0.39, 0.29) is 22.9 Å². The van der Waals surface area contributed by atoms with E-state index < -0.39 is 0 Å². The lowest BCUT2D eigenvalue weighted by Gasteiger charge is -2.03. The van der Waals surface area contributed by atoms with Gasteiger partial charge < -0.3 is 4.84 Å². The van der Waals surface area contributed by atoms with Crippen molar-refractivity contribution < 1.29 is 9.63 Å². The first-order valence-electron chi connectivity index (χ1n) is 11.7. The third kappa shape index (κ3) is 4.42. The number of aromatic nitrogens is 4. The largest absolute Gasteiger partial charge is 0.399 e. The number of halogens is 1. The van der Waals surface area contributed by atoms with Gasteiger partial charge >= 0.3 is 0 Å². The molecule has 2 aromatic heterocycles. The van der Waals surface area contributed by atoms with Gasteiger partial charge in [0.15, 0.2) is 17.1 Å². The molecule has 40 heavy (non-hydrogen) atoms. The predicted molar refractivity (Wildman–Crippen MR) is 147 cm³/mol. The molecule has 4 aromatic rings. The Balaban J connectivity index is 0.000000162. The average Bonchev–Trinajstić information content (AvgIpc) is 3.42. The molecule has 6 rings (SSSR count). The summed E-state index contributed by atoms with van der Waals surface area (Å²) in [6.45, 7) is 1.99. The molecule has 0 aliphatic heterocycles. The Labute approximate surface area is 237 Å². The van der Waals surface area contributed by atoms with Crippen LogP contribution in [0.1, 0.15) is 51.3 Å². The average molecular weight is 563 g/mol. The summed E-state index contributed by atoms with van der Waals surface area (Å²) in [6.07, 6.45) is 0. The van der Waals surface area contributed by atoms with Gasteiger partial charge in [-0.15, -0.1) is 11.8 Å². The maximum Gasteiger partial charge on any atom is 0.214 e. The molecule has 2 aliphatic carbocycles. The first-order chi connectivity index (χ1) is 19.4. The maximum atomic E-state index is 12.2. The van der Waals surface area contributed by atoms with Crippen molar-refractivity contribution in [1.29, 1.82) is 15.8 Å². The van der Waals surface area contributed by atoms with Crippen LogP contribution >= 0.6 is 23.4 Å². The first-order valence-corrected chi connectivity index (χ1v) is 13.0.